The summed E-state index contributed by atoms with van der Waals surface area (Å²) in [6.07, 6.45) is 10.1. The summed E-state index contributed by atoms with van der Waals surface area (Å²) in [5, 5.41) is 6.87. The van der Waals surface area contributed by atoms with E-state index in [4.69, 9.17) is 4.42 Å². The van der Waals surface area contributed by atoms with Gasteiger partial charge >= 0.3 is 0 Å². The summed E-state index contributed by atoms with van der Waals surface area (Å²) in [6.45, 7) is 2.91. The van der Waals surface area contributed by atoms with Crippen LogP contribution in [0.25, 0.3) is 0 Å². The standard InChI is InChI=1S/C16H24N2O2/c1-12-6-10-20-14(12)15(19)18-13-5-9-17-16(11-13)7-3-2-4-8-16/h6,10,13,17H,2-5,7-9,11H2,1H3,(H,18,19). The van der Waals surface area contributed by atoms with Crippen LogP contribution < -0.4 is 10.6 Å². The molecule has 2 aliphatic rings. The van der Waals surface area contributed by atoms with E-state index in [0.29, 0.717) is 5.76 Å². The van der Waals surface area contributed by atoms with Crippen LogP contribution in [-0.2, 0) is 0 Å². The van der Waals surface area contributed by atoms with Crippen molar-refractivity contribution in [2.24, 2.45) is 0 Å². The van der Waals surface area contributed by atoms with Gasteiger partial charge in [-0.2, -0.15) is 0 Å². The number of hydrogen-bond donors (Lipinski definition) is 2. The quantitative estimate of drug-likeness (QED) is 0.873. The van der Waals surface area contributed by atoms with E-state index in [9.17, 15) is 4.79 Å². The first-order chi connectivity index (χ1) is 9.69. The highest BCUT2D eigenvalue weighted by Crippen LogP contribution is 2.34. The van der Waals surface area contributed by atoms with Gasteiger partial charge in [0.2, 0.25) is 0 Å². The van der Waals surface area contributed by atoms with Crippen LogP contribution in [0.15, 0.2) is 16.7 Å². The molecule has 110 valence electrons. The molecule has 2 N–H and O–H groups in total. The average Bonchev–Trinajstić information content (AvgIpc) is 2.86. The zero-order chi connectivity index (χ0) is 14.0. The number of piperidine rings is 1. The third-order valence-electron chi connectivity index (χ3n) is 4.84. The van der Waals surface area contributed by atoms with E-state index in [1.54, 1.807) is 6.26 Å². The zero-order valence-electron chi connectivity index (χ0n) is 12.2. The van der Waals surface area contributed by atoms with Crippen molar-refractivity contribution in [3.63, 3.8) is 0 Å². The summed E-state index contributed by atoms with van der Waals surface area (Å²) in [4.78, 5) is 12.2. The first-order valence-corrected chi connectivity index (χ1v) is 7.79. The van der Waals surface area contributed by atoms with Gasteiger partial charge in [-0.05, 0) is 45.2 Å². The molecule has 1 saturated heterocycles. The van der Waals surface area contributed by atoms with Gasteiger partial charge in [-0.25, -0.2) is 0 Å². The van der Waals surface area contributed by atoms with Gasteiger partial charge in [-0.3, -0.25) is 4.79 Å². The number of nitrogens with one attached hydrogen (secondary N) is 2. The van der Waals surface area contributed by atoms with Crippen LogP contribution in [-0.4, -0.2) is 24.0 Å². The normalized spacial score (nSPS) is 25.6. The molecule has 1 spiro atoms. The number of hydrogen-bond acceptors (Lipinski definition) is 3. The maximum atomic E-state index is 12.2. The molecule has 1 aromatic heterocycles. The highest BCUT2D eigenvalue weighted by molar-refractivity contribution is 5.93. The summed E-state index contributed by atoms with van der Waals surface area (Å²) in [5.41, 5.74) is 1.18. The van der Waals surface area contributed by atoms with Crippen LogP contribution in [0.3, 0.4) is 0 Å². The second-order valence-corrected chi connectivity index (χ2v) is 6.36. The summed E-state index contributed by atoms with van der Waals surface area (Å²) >= 11 is 0. The Morgan fingerprint density at radius 1 is 1.40 bits per heavy atom. The molecule has 4 heteroatoms. The van der Waals surface area contributed by atoms with Crippen LogP contribution in [0.1, 0.15) is 61.1 Å². The van der Waals surface area contributed by atoms with Crippen molar-refractivity contribution >= 4 is 5.91 Å². The minimum atomic E-state index is -0.0645. The number of amides is 1. The van der Waals surface area contributed by atoms with Crippen LogP contribution in [0, 0.1) is 6.92 Å². The van der Waals surface area contributed by atoms with Crippen molar-refractivity contribution in [2.45, 2.75) is 63.5 Å². The largest absolute Gasteiger partial charge is 0.459 e. The number of carbonyl (C=O) groups excluding carboxylic acids is 1. The van der Waals surface area contributed by atoms with Crippen LogP contribution in [0.5, 0.6) is 0 Å². The highest BCUT2D eigenvalue weighted by atomic mass is 16.3. The van der Waals surface area contributed by atoms with E-state index in [2.05, 4.69) is 10.6 Å². The SMILES string of the molecule is Cc1ccoc1C(=O)NC1CCNC2(CCCCC2)C1. The molecule has 1 aromatic rings. The molecule has 2 fully saturated rings. The van der Waals surface area contributed by atoms with E-state index in [-0.39, 0.29) is 17.5 Å². The third-order valence-corrected chi connectivity index (χ3v) is 4.84. The Kier molecular flexibility index (Phi) is 3.83. The molecule has 20 heavy (non-hydrogen) atoms. The fraction of sp³-hybridized carbons (Fsp3) is 0.688. The van der Waals surface area contributed by atoms with E-state index in [1.165, 1.54) is 32.1 Å². The lowest BCUT2D eigenvalue weighted by molar-refractivity contribution is 0.0864. The maximum Gasteiger partial charge on any atom is 0.287 e. The molecule has 1 atom stereocenters. The summed E-state index contributed by atoms with van der Waals surface area (Å²) in [5.74, 6) is 0.395. The van der Waals surface area contributed by atoms with Crippen LogP contribution in [0.2, 0.25) is 0 Å². The van der Waals surface area contributed by atoms with Gasteiger partial charge in [0.1, 0.15) is 0 Å². The Bertz CT molecular complexity index is 469. The number of aryl methyl sites for hydroxylation is 1. The van der Waals surface area contributed by atoms with Crippen molar-refractivity contribution in [3.8, 4) is 0 Å². The Hall–Kier alpha value is -1.29. The van der Waals surface area contributed by atoms with Crippen molar-refractivity contribution in [1.82, 2.24) is 10.6 Å². The van der Waals surface area contributed by atoms with E-state index >= 15 is 0 Å². The first kappa shape index (κ1) is 13.7. The van der Waals surface area contributed by atoms with Crippen molar-refractivity contribution in [2.75, 3.05) is 6.54 Å². The number of carbonyl (C=O) groups is 1. The lowest BCUT2D eigenvalue weighted by atomic mass is 9.75. The molecule has 1 aliphatic heterocycles. The second kappa shape index (κ2) is 5.60. The van der Waals surface area contributed by atoms with Gasteiger partial charge in [0, 0.05) is 17.1 Å². The second-order valence-electron chi connectivity index (χ2n) is 6.36. The monoisotopic (exact) mass is 276 g/mol. The minimum Gasteiger partial charge on any atom is -0.459 e. The van der Waals surface area contributed by atoms with Crippen molar-refractivity contribution < 1.29 is 9.21 Å². The van der Waals surface area contributed by atoms with Gasteiger partial charge in [0.05, 0.1) is 6.26 Å². The van der Waals surface area contributed by atoms with Gasteiger partial charge in [0.15, 0.2) is 5.76 Å². The lowest BCUT2D eigenvalue weighted by Gasteiger charge is -2.44. The molecular formula is C16H24N2O2. The Labute approximate surface area is 120 Å². The third kappa shape index (κ3) is 2.75. The lowest BCUT2D eigenvalue weighted by Crippen LogP contribution is -2.57. The molecule has 1 unspecified atom stereocenters. The summed E-state index contributed by atoms with van der Waals surface area (Å²) in [7, 11) is 0. The maximum absolute atomic E-state index is 12.2. The molecule has 1 aliphatic carbocycles. The molecule has 1 saturated carbocycles. The van der Waals surface area contributed by atoms with E-state index < -0.39 is 0 Å². The zero-order valence-corrected chi connectivity index (χ0v) is 12.2. The van der Waals surface area contributed by atoms with Crippen molar-refractivity contribution in [3.05, 3.63) is 23.7 Å². The van der Waals surface area contributed by atoms with Gasteiger partial charge in [-0.15, -0.1) is 0 Å². The Balaban J connectivity index is 1.63. The molecule has 2 heterocycles. The van der Waals surface area contributed by atoms with Crippen LogP contribution in [0.4, 0.5) is 0 Å². The Morgan fingerprint density at radius 3 is 2.90 bits per heavy atom. The number of furan rings is 1. The highest BCUT2D eigenvalue weighted by Gasteiger charge is 2.37. The smallest absolute Gasteiger partial charge is 0.287 e. The average molecular weight is 276 g/mol. The van der Waals surface area contributed by atoms with Gasteiger partial charge in [0.25, 0.3) is 5.91 Å². The molecule has 3 rings (SSSR count). The Morgan fingerprint density at radius 2 is 2.20 bits per heavy atom. The fourth-order valence-electron chi connectivity index (χ4n) is 3.75. The van der Waals surface area contributed by atoms with E-state index in [0.717, 1.165) is 24.9 Å². The molecule has 4 nitrogen and oxygen atoms in total. The predicted octanol–water partition coefficient (Wildman–Crippen LogP) is 2.77. The van der Waals surface area contributed by atoms with Gasteiger partial charge < -0.3 is 15.1 Å². The summed E-state index contributed by atoms with van der Waals surface area (Å²) in [6, 6.07) is 2.10. The van der Waals surface area contributed by atoms with Gasteiger partial charge in [-0.1, -0.05) is 19.3 Å². The summed E-state index contributed by atoms with van der Waals surface area (Å²) < 4.78 is 5.28. The van der Waals surface area contributed by atoms with Crippen molar-refractivity contribution in [1.29, 1.82) is 0 Å². The molecule has 0 radical (unpaired) electrons. The van der Waals surface area contributed by atoms with Crippen LogP contribution >= 0.6 is 0 Å². The van der Waals surface area contributed by atoms with E-state index in [1.807, 2.05) is 13.0 Å². The predicted molar refractivity (Wildman–Crippen MR) is 77.8 cm³/mol. The first-order valence-electron chi connectivity index (χ1n) is 7.79. The fourth-order valence-corrected chi connectivity index (χ4v) is 3.75. The number of rotatable bonds is 2. The molecule has 0 aromatic carbocycles. The molecule has 0 bridgehead atoms. The molecule has 1 amide bonds. The topological polar surface area (TPSA) is 54.3 Å². The molecular weight excluding hydrogens is 252 g/mol. The minimum absolute atomic E-state index is 0.0645.